The number of nitrogens with zero attached hydrogens (tertiary/aromatic N) is 2. The summed E-state index contributed by atoms with van der Waals surface area (Å²) in [6.07, 6.45) is 4.70. The lowest BCUT2D eigenvalue weighted by atomic mass is 9.85. The number of thiophene rings is 1. The van der Waals surface area contributed by atoms with Crippen LogP contribution in [0.3, 0.4) is 0 Å². The van der Waals surface area contributed by atoms with Crippen molar-refractivity contribution in [1.82, 2.24) is 4.90 Å². The maximum Gasteiger partial charge on any atom is 0.326 e. The van der Waals surface area contributed by atoms with Gasteiger partial charge in [-0.1, -0.05) is 12.2 Å². The van der Waals surface area contributed by atoms with Gasteiger partial charge in [0.2, 0.25) is 11.8 Å². The van der Waals surface area contributed by atoms with Crippen molar-refractivity contribution in [3.8, 4) is 6.07 Å². The molecule has 0 spiro atoms. The van der Waals surface area contributed by atoms with E-state index in [-0.39, 0.29) is 11.8 Å². The summed E-state index contributed by atoms with van der Waals surface area (Å²) >= 11 is 1.18. The molecule has 2 atom stereocenters. The predicted molar refractivity (Wildman–Crippen MR) is 90.7 cm³/mol. The Hall–Kier alpha value is -2.99. The minimum atomic E-state index is -0.833. The molecule has 1 N–H and O–H groups in total. The molecule has 134 valence electrons. The fraction of sp³-hybridized carbons (Fsp3) is 0.353. The van der Waals surface area contributed by atoms with Crippen LogP contribution in [0.1, 0.15) is 18.4 Å². The van der Waals surface area contributed by atoms with Crippen molar-refractivity contribution in [1.29, 1.82) is 5.26 Å². The molecule has 0 radical (unpaired) electrons. The second kappa shape index (κ2) is 7.49. The number of hydrogen-bond donors (Lipinski definition) is 1. The molecule has 0 bridgehead atoms. The standard InChI is InChI=1S/C17H15N3O5S/c18-7-10-5-6-26-15(10)19-13(21)9-25-14(22)8-20-16(23)11-3-1-2-4-12(11)17(20)24/h1-2,5-6,11-12H,3-4,8-9H2,(H,19,21)/t11-,12-/m0/s1. The Labute approximate surface area is 153 Å². The van der Waals surface area contributed by atoms with Gasteiger partial charge in [0.1, 0.15) is 17.6 Å². The lowest BCUT2D eigenvalue weighted by Crippen LogP contribution is -2.37. The van der Waals surface area contributed by atoms with Crippen molar-refractivity contribution in [3.63, 3.8) is 0 Å². The van der Waals surface area contributed by atoms with Crippen LogP contribution in [-0.2, 0) is 23.9 Å². The summed E-state index contributed by atoms with van der Waals surface area (Å²) < 4.78 is 4.85. The zero-order valence-electron chi connectivity index (χ0n) is 13.6. The molecule has 0 unspecified atom stereocenters. The molecule has 1 aromatic rings. The van der Waals surface area contributed by atoms with Crippen molar-refractivity contribution in [3.05, 3.63) is 29.2 Å². The Bertz CT molecular complexity index is 812. The van der Waals surface area contributed by atoms with Crippen LogP contribution in [0.5, 0.6) is 0 Å². The van der Waals surface area contributed by atoms with Crippen LogP contribution in [0.4, 0.5) is 5.00 Å². The zero-order chi connectivity index (χ0) is 18.7. The fourth-order valence-corrected chi connectivity index (χ4v) is 3.76. The van der Waals surface area contributed by atoms with Crippen molar-refractivity contribution in [2.45, 2.75) is 12.8 Å². The van der Waals surface area contributed by atoms with Gasteiger partial charge in [-0.15, -0.1) is 11.3 Å². The number of anilines is 1. The molecular formula is C17H15N3O5S. The number of nitrogens with one attached hydrogen (secondary N) is 1. The zero-order valence-corrected chi connectivity index (χ0v) is 14.5. The summed E-state index contributed by atoms with van der Waals surface area (Å²) in [5, 5.41) is 13.4. The average molecular weight is 373 g/mol. The summed E-state index contributed by atoms with van der Waals surface area (Å²) in [4.78, 5) is 49.2. The first-order valence-corrected chi connectivity index (χ1v) is 8.82. The maximum atomic E-state index is 12.3. The first-order chi connectivity index (χ1) is 12.5. The van der Waals surface area contributed by atoms with Gasteiger partial charge in [-0.05, 0) is 24.3 Å². The highest BCUT2D eigenvalue weighted by molar-refractivity contribution is 7.14. The first-order valence-electron chi connectivity index (χ1n) is 7.94. The van der Waals surface area contributed by atoms with Gasteiger partial charge in [-0.25, -0.2) is 0 Å². The summed E-state index contributed by atoms with van der Waals surface area (Å²) in [5.41, 5.74) is 0.319. The number of ether oxygens (including phenoxy) is 1. The van der Waals surface area contributed by atoms with Gasteiger partial charge in [0.25, 0.3) is 5.91 Å². The van der Waals surface area contributed by atoms with Gasteiger partial charge >= 0.3 is 5.97 Å². The lowest BCUT2D eigenvalue weighted by Gasteiger charge is -2.14. The van der Waals surface area contributed by atoms with Crippen LogP contribution in [0.2, 0.25) is 0 Å². The normalized spacial score (nSPS) is 21.3. The maximum absolute atomic E-state index is 12.3. The SMILES string of the molecule is N#Cc1ccsc1NC(=O)COC(=O)CN1C(=O)[C@H]2CC=CC[C@@H]2C1=O. The van der Waals surface area contributed by atoms with Crippen LogP contribution >= 0.6 is 11.3 Å². The van der Waals surface area contributed by atoms with Gasteiger partial charge < -0.3 is 10.1 Å². The van der Waals surface area contributed by atoms with E-state index in [0.717, 1.165) is 4.90 Å². The summed E-state index contributed by atoms with van der Waals surface area (Å²) in [7, 11) is 0. The number of amides is 3. The number of esters is 1. The molecule has 0 aromatic carbocycles. The van der Waals surface area contributed by atoms with E-state index in [1.165, 1.54) is 11.3 Å². The van der Waals surface area contributed by atoms with Crippen LogP contribution in [0, 0.1) is 23.2 Å². The Morgan fingerprint density at radius 3 is 2.54 bits per heavy atom. The molecular weight excluding hydrogens is 358 g/mol. The number of allylic oxidation sites excluding steroid dienone is 2. The van der Waals surface area contributed by atoms with E-state index in [1.54, 1.807) is 11.4 Å². The number of carbonyl (C=O) groups excluding carboxylic acids is 4. The largest absolute Gasteiger partial charge is 0.454 e. The molecule has 0 saturated carbocycles. The topological polar surface area (TPSA) is 117 Å². The number of fused-ring (bicyclic) bond motifs is 1. The molecule has 1 fully saturated rings. The number of likely N-dealkylation sites (tertiary alicyclic amines) is 1. The monoisotopic (exact) mass is 373 g/mol. The van der Waals surface area contributed by atoms with Crippen LogP contribution in [0.25, 0.3) is 0 Å². The number of hydrogen-bond acceptors (Lipinski definition) is 7. The minimum Gasteiger partial charge on any atom is -0.454 e. The summed E-state index contributed by atoms with van der Waals surface area (Å²) in [6, 6.07) is 3.49. The third-order valence-corrected chi connectivity index (χ3v) is 5.12. The Kier molecular flexibility index (Phi) is 5.14. The predicted octanol–water partition coefficient (Wildman–Crippen LogP) is 1.05. The highest BCUT2D eigenvalue weighted by atomic mass is 32.1. The van der Waals surface area contributed by atoms with Crippen LogP contribution < -0.4 is 5.32 Å². The average Bonchev–Trinajstić information content (AvgIpc) is 3.18. The molecule has 1 saturated heterocycles. The molecule has 2 aliphatic rings. The van der Waals surface area contributed by atoms with Crippen molar-refractivity contribution < 1.29 is 23.9 Å². The number of rotatable bonds is 5. The van der Waals surface area contributed by atoms with Gasteiger partial charge in [-0.3, -0.25) is 24.1 Å². The van der Waals surface area contributed by atoms with Gasteiger partial charge in [0, 0.05) is 0 Å². The molecule has 3 amide bonds. The van der Waals surface area contributed by atoms with Gasteiger partial charge in [-0.2, -0.15) is 5.26 Å². The molecule has 1 aliphatic carbocycles. The highest BCUT2D eigenvalue weighted by Crippen LogP contribution is 2.34. The van der Waals surface area contributed by atoms with Crippen molar-refractivity contribution >= 4 is 40.0 Å². The van der Waals surface area contributed by atoms with E-state index in [2.05, 4.69) is 5.32 Å². The Morgan fingerprint density at radius 2 is 1.92 bits per heavy atom. The Morgan fingerprint density at radius 1 is 1.27 bits per heavy atom. The van der Waals surface area contributed by atoms with Crippen molar-refractivity contribution in [2.24, 2.45) is 11.8 Å². The highest BCUT2D eigenvalue weighted by Gasteiger charge is 2.47. The quantitative estimate of drug-likeness (QED) is 0.468. The second-order valence-corrected chi connectivity index (χ2v) is 6.82. The van der Waals surface area contributed by atoms with E-state index in [1.807, 2.05) is 18.2 Å². The molecule has 9 heteroatoms. The Balaban J connectivity index is 1.50. The van der Waals surface area contributed by atoms with E-state index >= 15 is 0 Å². The molecule has 1 aliphatic heterocycles. The van der Waals surface area contributed by atoms with Gasteiger partial charge in [0.15, 0.2) is 6.61 Å². The smallest absolute Gasteiger partial charge is 0.326 e. The molecule has 26 heavy (non-hydrogen) atoms. The number of imide groups is 1. The van der Waals surface area contributed by atoms with E-state index < -0.39 is 36.9 Å². The van der Waals surface area contributed by atoms with E-state index in [9.17, 15) is 19.2 Å². The van der Waals surface area contributed by atoms with Crippen LogP contribution in [0.15, 0.2) is 23.6 Å². The fourth-order valence-electron chi connectivity index (χ4n) is 3.00. The summed E-state index contributed by atoms with van der Waals surface area (Å²) in [5.74, 6) is -3.00. The molecule has 2 heterocycles. The molecule has 3 rings (SSSR count). The third-order valence-electron chi connectivity index (χ3n) is 4.29. The lowest BCUT2D eigenvalue weighted by molar-refractivity contribution is -0.154. The number of carbonyl (C=O) groups is 4. The number of nitriles is 1. The summed E-state index contributed by atoms with van der Waals surface area (Å²) in [6.45, 7) is -1.06. The van der Waals surface area contributed by atoms with Crippen LogP contribution in [-0.4, -0.2) is 41.7 Å². The first kappa shape index (κ1) is 17.8. The van der Waals surface area contributed by atoms with E-state index in [4.69, 9.17) is 10.00 Å². The molecule has 8 nitrogen and oxygen atoms in total. The molecule has 1 aromatic heterocycles. The van der Waals surface area contributed by atoms with Crippen molar-refractivity contribution in [2.75, 3.05) is 18.5 Å². The minimum absolute atomic E-state index is 0.319. The van der Waals surface area contributed by atoms with E-state index in [0.29, 0.717) is 23.4 Å². The third kappa shape index (κ3) is 3.50. The second-order valence-electron chi connectivity index (χ2n) is 5.90. The van der Waals surface area contributed by atoms with Gasteiger partial charge in [0.05, 0.1) is 17.4 Å².